The molecule has 0 unspecified atom stereocenters. The van der Waals surface area contributed by atoms with Gasteiger partial charge in [0.2, 0.25) is 0 Å². The number of hydrogen-bond donors (Lipinski definition) is 0. The number of benzene rings is 1. The van der Waals surface area contributed by atoms with Crippen LogP contribution in [0.4, 0.5) is 18.9 Å². The molecule has 17 heavy (non-hydrogen) atoms. The van der Waals surface area contributed by atoms with E-state index in [0.717, 1.165) is 0 Å². The molecular formula is C12H11F3N2. The molecule has 2 nitrogen and oxygen atoms in total. The van der Waals surface area contributed by atoms with E-state index in [4.69, 9.17) is 5.26 Å². The molecule has 1 atom stereocenters. The fraction of sp³-hybridized carbons (Fsp3) is 0.417. The summed E-state index contributed by atoms with van der Waals surface area (Å²) >= 11 is 0. The fourth-order valence-corrected chi connectivity index (χ4v) is 2.14. The normalized spacial score (nSPS) is 20.4. The van der Waals surface area contributed by atoms with Gasteiger partial charge in [0.05, 0.1) is 11.6 Å². The van der Waals surface area contributed by atoms with Crippen molar-refractivity contribution in [2.75, 3.05) is 11.4 Å². The van der Waals surface area contributed by atoms with E-state index in [1.54, 1.807) is 24.3 Å². The standard InChI is InChI=1S/C12H11F3N2/c13-12(14,15)11-2-1-7-17(11)10-5-3-9(8-16)4-6-10/h3-6,11H,1-2,7H2/t11-/m0/s1. The van der Waals surface area contributed by atoms with E-state index in [1.807, 2.05) is 6.07 Å². The van der Waals surface area contributed by atoms with Gasteiger partial charge in [0.15, 0.2) is 0 Å². The van der Waals surface area contributed by atoms with Crippen molar-refractivity contribution in [3.05, 3.63) is 29.8 Å². The van der Waals surface area contributed by atoms with Crippen LogP contribution in [0.1, 0.15) is 18.4 Å². The van der Waals surface area contributed by atoms with Crippen LogP contribution >= 0.6 is 0 Å². The van der Waals surface area contributed by atoms with Gasteiger partial charge in [-0.05, 0) is 37.1 Å². The molecule has 90 valence electrons. The second-order valence-corrected chi connectivity index (χ2v) is 4.05. The maximum atomic E-state index is 12.7. The van der Waals surface area contributed by atoms with Gasteiger partial charge >= 0.3 is 6.18 Å². The van der Waals surface area contributed by atoms with Crippen LogP contribution in [0.25, 0.3) is 0 Å². The average molecular weight is 240 g/mol. The summed E-state index contributed by atoms with van der Waals surface area (Å²) in [6, 6.07) is 6.78. The number of hydrogen-bond acceptors (Lipinski definition) is 2. The summed E-state index contributed by atoms with van der Waals surface area (Å²) in [6.45, 7) is 0.413. The number of rotatable bonds is 1. The fourth-order valence-electron chi connectivity index (χ4n) is 2.14. The third-order valence-electron chi connectivity index (χ3n) is 2.96. The molecule has 0 aromatic heterocycles. The molecule has 5 heteroatoms. The first-order chi connectivity index (χ1) is 8.02. The predicted octanol–water partition coefficient (Wildman–Crippen LogP) is 3.09. The van der Waals surface area contributed by atoms with Crippen LogP contribution in [0, 0.1) is 11.3 Å². The molecule has 2 rings (SSSR count). The van der Waals surface area contributed by atoms with Crippen LogP contribution in [-0.4, -0.2) is 18.8 Å². The van der Waals surface area contributed by atoms with Gasteiger partial charge in [0.1, 0.15) is 6.04 Å². The molecule has 0 radical (unpaired) electrons. The zero-order valence-electron chi connectivity index (χ0n) is 9.04. The van der Waals surface area contributed by atoms with Crippen LogP contribution < -0.4 is 4.90 Å². The first-order valence-electron chi connectivity index (χ1n) is 5.36. The minimum absolute atomic E-state index is 0.142. The molecule has 1 saturated heterocycles. The smallest absolute Gasteiger partial charge is 0.360 e. The molecule has 1 heterocycles. The summed E-state index contributed by atoms with van der Waals surface area (Å²) in [6.07, 6.45) is -3.50. The highest BCUT2D eigenvalue weighted by Crippen LogP contribution is 2.35. The molecule has 1 aliphatic rings. The van der Waals surface area contributed by atoms with Gasteiger partial charge in [-0.1, -0.05) is 0 Å². The lowest BCUT2D eigenvalue weighted by molar-refractivity contribution is -0.145. The van der Waals surface area contributed by atoms with Crippen molar-refractivity contribution in [3.63, 3.8) is 0 Å². The number of halogens is 3. The Morgan fingerprint density at radius 3 is 2.41 bits per heavy atom. The second-order valence-electron chi connectivity index (χ2n) is 4.05. The average Bonchev–Trinajstić information content (AvgIpc) is 2.78. The van der Waals surface area contributed by atoms with E-state index in [2.05, 4.69) is 0 Å². The van der Waals surface area contributed by atoms with Gasteiger partial charge in [-0.2, -0.15) is 18.4 Å². The van der Waals surface area contributed by atoms with Gasteiger partial charge in [-0.25, -0.2) is 0 Å². The molecule has 0 amide bonds. The second kappa shape index (κ2) is 4.28. The van der Waals surface area contributed by atoms with Crippen LogP contribution in [-0.2, 0) is 0 Å². The highest BCUT2D eigenvalue weighted by atomic mass is 19.4. The molecule has 1 aromatic carbocycles. The van der Waals surface area contributed by atoms with E-state index < -0.39 is 12.2 Å². The SMILES string of the molecule is N#Cc1ccc(N2CCC[C@H]2C(F)(F)F)cc1. The summed E-state index contributed by atoms with van der Waals surface area (Å²) in [5.74, 6) is 0. The van der Waals surface area contributed by atoms with Crippen molar-refractivity contribution in [3.8, 4) is 6.07 Å². The lowest BCUT2D eigenvalue weighted by Gasteiger charge is -2.28. The summed E-state index contributed by atoms with van der Waals surface area (Å²) in [7, 11) is 0. The molecule has 0 bridgehead atoms. The van der Waals surface area contributed by atoms with Crippen molar-refractivity contribution in [1.29, 1.82) is 5.26 Å². The van der Waals surface area contributed by atoms with E-state index in [1.165, 1.54) is 4.90 Å². The first kappa shape index (κ1) is 11.8. The summed E-state index contributed by atoms with van der Waals surface area (Å²) in [5, 5.41) is 8.63. The lowest BCUT2D eigenvalue weighted by Crippen LogP contribution is -2.41. The predicted molar refractivity (Wildman–Crippen MR) is 57.6 cm³/mol. The van der Waals surface area contributed by atoms with Crippen LogP contribution in [0.15, 0.2) is 24.3 Å². The highest BCUT2D eigenvalue weighted by molar-refractivity contribution is 5.51. The van der Waals surface area contributed by atoms with Crippen molar-refractivity contribution in [2.45, 2.75) is 25.1 Å². The first-order valence-corrected chi connectivity index (χ1v) is 5.36. The van der Waals surface area contributed by atoms with Gasteiger partial charge in [0.25, 0.3) is 0 Å². The Morgan fingerprint density at radius 2 is 1.88 bits per heavy atom. The van der Waals surface area contributed by atoms with Gasteiger partial charge in [-0.15, -0.1) is 0 Å². The summed E-state index contributed by atoms with van der Waals surface area (Å²) in [5.41, 5.74) is 0.986. The zero-order chi connectivity index (χ0) is 12.5. The molecule has 0 aliphatic carbocycles. The molecule has 1 aliphatic heterocycles. The molecule has 1 fully saturated rings. The largest absolute Gasteiger partial charge is 0.408 e. The monoisotopic (exact) mass is 240 g/mol. The Labute approximate surface area is 97.3 Å². The van der Waals surface area contributed by atoms with Gasteiger partial charge in [0, 0.05) is 12.2 Å². The Kier molecular flexibility index (Phi) is 2.97. The van der Waals surface area contributed by atoms with Gasteiger partial charge in [-0.3, -0.25) is 0 Å². The molecule has 0 saturated carbocycles. The molecule has 0 N–H and O–H groups in total. The summed E-state index contributed by atoms with van der Waals surface area (Å²) in [4.78, 5) is 1.36. The molecular weight excluding hydrogens is 229 g/mol. The Hall–Kier alpha value is -1.70. The third-order valence-corrected chi connectivity index (χ3v) is 2.96. The zero-order valence-corrected chi connectivity index (χ0v) is 9.04. The Morgan fingerprint density at radius 1 is 1.24 bits per heavy atom. The van der Waals surface area contributed by atoms with Crippen molar-refractivity contribution >= 4 is 5.69 Å². The Bertz CT molecular complexity index is 431. The number of nitrogens with zero attached hydrogens (tertiary/aromatic N) is 2. The minimum atomic E-state index is -4.19. The molecule has 1 aromatic rings. The Balaban J connectivity index is 2.24. The highest BCUT2D eigenvalue weighted by Gasteiger charge is 2.45. The summed E-state index contributed by atoms with van der Waals surface area (Å²) < 4.78 is 38.2. The number of anilines is 1. The van der Waals surface area contributed by atoms with Crippen LogP contribution in [0.3, 0.4) is 0 Å². The van der Waals surface area contributed by atoms with E-state index >= 15 is 0 Å². The van der Waals surface area contributed by atoms with Crippen LogP contribution in [0.5, 0.6) is 0 Å². The number of nitriles is 1. The number of alkyl halides is 3. The van der Waals surface area contributed by atoms with Crippen molar-refractivity contribution in [1.82, 2.24) is 0 Å². The maximum absolute atomic E-state index is 12.7. The van der Waals surface area contributed by atoms with Crippen molar-refractivity contribution < 1.29 is 13.2 Å². The maximum Gasteiger partial charge on any atom is 0.408 e. The van der Waals surface area contributed by atoms with E-state index in [-0.39, 0.29) is 6.42 Å². The van der Waals surface area contributed by atoms with E-state index in [0.29, 0.717) is 24.2 Å². The van der Waals surface area contributed by atoms with Crippen molar-refractivity contribution in [2.24, 2.45) is 0 Å². The van der Waals surface area contributed by atoms with E-state index in [9.17, 15) is 13.2 Å². The molecule has 0 spiro atoms. The third kappa shape index (κ3) is 2.36. The van der Waals surface area contributed by atoms with Gasteiger partial charge < -0.3 is 4.90 Å². The quantitative estimate of drug-likeness (QED) is 0.754. The van der Waals surface area contributed by atoms with Crippen LogP contribution in [0.2, 0.25) is 0 Å². The topological polar surface area (TPSA) is 27.0 Å². The minimum Gasteiger partial charge on any atom is -0.360 e. The lowest BCUT2D eigenvalue weighted by atomic mass is 10.1.